The number of aryl methyl sites for hydroxylation is 1. The number of alkyl halides is 3. The smallest absolute Gasteiger partial charge is 0.497 e. The van der Waals surface area contributed by atoms with Gasteiger partial charge in [0, 0.05) is 5.92 Å². The van der Waals surface area contributed by atoms with Gasteiger partial charge in [0.15, 0.2) is 0 Å². The first-order valence-electron chi connectivity index (χ1n) is 10.0. The number of ether oxygens (including phenoxy) is 1. The van der Waals surface area contributed by atoms with Gasteiger partial charge in [-0.05, 0) is 65.3 Å². The molecule has 8 heteroatoms. The summed E-state index contributed by atoms with van der Waals surface area (Å²) in [5.41, 5.74) is -1.18. The van der Waals surface area contributed by atoms with Crippen molar-refractivity contribution >= 4 is 10.1 Å². The molecule has 0 bridgehead atoms. The second-order valence-corrected chi connectivity index (χ2v) is 9.19. The second kappa shape index (κ2) is 8.50. The fraction of sp³-hybridized carbons (Fsp3) is 0.250. The van der Waals surface area contributed by atoms with Gasteiger partial charge in [0.1, 0.15) is 11.5 Å². The van der Waals surface area contributed by atoms with Gasteiger partial charge in [0.25, 0.3) is 0 Å². The van der Waals surface area contributed by atoms with Crippen molar-refractivity contribution in [3.8, 4) is 11.5 Å². The van der Waals surface area contributed by atoms with Crippen LogP contribution in [0.3, 0.4) is 0 Å². The van der Waals surface area contributed by atoms with Gasteiger partial charge in [-0.3, -0.25) is 0 Å². The Bertz CT molecular complexity index is 1190. The van der Waals surface area contributed by atoms with Crippen LogP contribution in [0.5, 0.6) is 11.5 Å². The summed E-state index contributed by atoms with van der Waals surface area (Å²) >= 11 is 0. The molecule has 0 amide bonds. The zero-order chi connectivity index (χ0) is 22.9. The van der Waals surface area contributed by atoms with Crippen molar-refractivity contribution in [3.05, 3.63) is 95.1 Å². The van der Waals surface area contributed by atoms with Crippen LogP contribution in [-0.2, 0) is 16.5 Å². The van der Waals surface area contributed by atoms with Gasteiger partial charge >= 0.3 is 15.6 Å². The Hall–Kier alpha value is -3.00. The predicted octanol–water partition coefficient (Wildman–Crippen LogP) is 5.79. The first kappa shape index (κ1) is 22.2. The van der Waals surface area contributed by atoms with E-state index in [1.54, 1.807) is 19.2 Å². The van der Waals surface area contributed by atoms with Crippen molar-refractivity contribution in [3.63, 3.8) is 0 Å². The van der Waals surface area contributed by atoms with Crippen LogP contribution in [0.25, 0.3) is 0 Å². The van der Waals surface area contributed by atoms with Gasteiger partial charge in [-0.1, -0.05) is 48.5 Å². The van der Waals surface area contributed by atoms with Crippen molar-refractivity contribution in [1.82, 2.24) is 0 Å². The van der Waals surface area contributed by atoms with E-state index in [0.29, 0.717) is 0 Å². The lowest BCUT2D eigenvalue weighted by atomic mass is 9.69. The van der Waals surface area contributed by atoms with E-state index in [4.69, 9.17) is 4.74 Å². The molecule has 3 aromatic rings. The summed E-state index contributed by atoms with van der Waals surface area (Å²) in [7, 11) is -4.10. The number of halogens is 3. The van der Waals surface area contributed by atoms with E-state index in [9.17, 15) is 21.6 Å². The van der Waals surface area contributed by atoms with Crippen LogP contribution in [0, 0.1) is 0 Å². The number of benzene rings is 3. The molecule has 0 saturated heterocycles. The zero-order valence-electron chi connectivity index (χ0n) is 17.2. The first-order chi connectivity index (χ1) is 15.2. The van der Waals surface area contributed by atoms with Crippen LogP contribution >= 0.6 is 0 Å². The average Bonchev–Trinajstić information content (AvgIpc) is 2.78. The van der Waals surface area contributed by atoms with Gasteiger partial charge in [-0.15, -0.1) is 0 Å². The lowest BCUT2D eigenvalue weighted by Gasteiger charge is -2.35. The third-order valence-corrected chi connectivity index (χ3v) is 6.75. The molecule has 168 valence electrons. The van der Waals surface area contributed by atoms with E-state index in [2.05, 4.69) is 16.3 Å². The molecule has 4 nitrogen and oxygen atoms in total. The SMILES string of the molecule is COc1ccc2c(c1)CC[C@@H](c1ccccc1)[C@H]2c1ccc(OS(=O)(=O)C(F)(F)F)cc1. The molecule has 0 saturated carbocycles. The Morgan fingerprint density at radius 3 is 2.16 bits per heavy atom. The number of hydrogen-bond donors (Lipinski definition) is 0. The molecule has 0 unspecified atom stereocenters. The molecule has 32 heavy (non-hydrogen) atoms. The highest BCUT2D eigenvalue weighted by Crippen LogP contribution is 2.47. The van der Waals surface area contributed by atoms with Crippen molar-refractivity contribution in [2.45, 2.75) is 30.2 Å². The van der Waals surface area contributed by atoms with E-state index < -0.39 is 15.6 Å². The maximum atomic E-state index is 12.6. The monoisotopic (exact) mass is 462 g/mol. The molecular formula is C24H21F3O4S. The molecular weight excluding hydrogens is 441 g/mol. The van der Waals surface area contributed by atoms with Crippen LogP contribution in [0.4, 0.5) is 13.2 Å². The minimum atomic E-state index is -5.71. The Balaban J connectivity index is 1.73. The van der Waals surface area contributed by atoms with Gasteiger partial charge in [0.2, 0.25) is 0 Å². The Labute approximate surface area is 184 Å². The van der Waals surface area contributed by atoms with Gasteiger partial charge in [-0.2, -0.15) is 21.6 Å². The molecule has 4 rings (SSSR count). The number of rotatable bonds is 5. The second-order valence-electron chi connectivity index (χ2n) is 7.65. The van der Waals surface area contributed by atoms with Crippen LogP contribution in [-0.4, -0.2) is 21.0 Å². The van der Waals surface area contributed by atoms with Gasteiger partial charge in [0.05, 0.1) is 7.11 Å². The number of fused-ring (bicyclic) bond motifs is 1. The predicted molar refractivity (Wildman–Crippen MR) is 114 cm³/mol. The third kappa shape index (κ3) is 4.32. The van der Waals surface area contributed by atoms with E-state index >= 15 is 0 Å². The zero-order valence-corrected chi connectivity index (χ0v) is 18.0. The Kier molecular flexibility index (Phi) is 5.90. The third-order valence-electron chi connectivity index (χ3n) is 5.77. The summed E-state index contributed by atoms with van der Waals surface area (Å²) in [4.78, 5) is 0. The molecule has 3 aromatic carbocycles. The lowest BCUT2D eigenvalue weighted by molar-refractivity contribution is -0.0500. The summed E-state index contributed by atoms with van der Waals surface area (Å²) in [6, 6.07) is 21.8. The fourth-order valence-electron chi connectivity index (χ4n) is 4.30. The topological polar surface area (TPSA) is 52.6 Å². The highest BCUT2D eigenvalue weighted by molar-refractivity contribution is 7.88. The van der Waals surface area contributed by atoms with Crippen molar-refractivity contribution in [1.29, 1.82) is 0 Å². The molecule has 0 fully saturated rings. The highest BCUT2D eigenvalue weighted by Gasteiger charge is 2.48. The summed E-state index contributed by atoms with van der Waals surface area (Å²) in [5.74, 6) is 0.484. The summed E-state index contributed by atoms with van der Waals surface area (Å²) in [6.07, 6.45) is 1.75. The molecule has 0 aromatic heterocycles. The summed E-state index contributed by atoms with van der Waals surface area (Å²) < 4.78 is 70.1. The van der Waals surface area contributed by atoms with Crippen LogP contribution in [0.1, 0.15) is 40.5 Å². The van der Waals surface area contributed by atoms with Gasteiger partial charge < -0.3 is 8.92 Å². The Morgan fingerprint density at radius 2 is 1.53 bits per heavy atom. The minimum Gasteiger partial charge on any atom is -0.497 e. The van der Waals surface area contributed by atoms with E-state index in [1.165, 1.54) is 17.7 Å². The molecule has 0 radical (unpaired) electrons. The van der Waals surface area contributed by atoms with Crippen LogP contribution < -0.4 is 8.92 Å². The standard InChI is InChI=1S/C24H21F3O4S/c1-30-20-12-14-22-18(15-20)9-13-21(16-5-3-2-4-6-16)23(22)17-7-10-19(11-8-17)31-32(28,29)24(25,26)27/h2-8,10-12,14-15,21,23H,9,13H2,1H3/t21-,23+/m0/s1. The fourth-order valence-corrected chi connectivity index (χ4v) is 4.76. The lowest BCUT2D eigenvalue weighted by Crippen LogP contribution is -2.28. The molecule has 1 aliphatic rings. The van der Waals surface area contributed by atoms with E-state index in [-0.39, 0.29) is 17.6 Å². The van der Waals surface area contributed by atoms with Gasteiger partial charge in [-0.25, -0.2) is 0 Å². The minimum absolute atomic E-state index is 0.0553. The first-order valence-corrected chi connectivity index (χ1v) is 11.4. The highest BCUT2D eigenvalue weighted by atomic mass is 32.2. The Morgan fingerprint density at radius 1 is 0.875 bits per heavy atom. The molecule has 2 atom stereocenters. The number of methoxy groups -OCH3 is 1. The summed E-state index contributed by atoms with van der Waals surface area (Å²) in [6.45, 7) is 0. The van der Waals surface area contributed by atoms with E-state index in [1.807, 2.05) is 36.4 Å². The largest absolute Gasteiger partial charge is 0.534 e. The van der Waals surface area contributed by atoms with Crippen molar-refractivity contribution in [2.75, 3.05) is 7.11 Å². The maximum Gasteiger partial charge on any atom is 0.534 e. The summed E-state index contributed by atoms with van der Waals surface area (Å²) in [5, 5.41) is 0. The maximum absolute atomic E-state index is 12.6. The molecule has 0 heterocycles. The molecule has 0 spiro atoms. The van der Waals surface area contributed by atoms with Crippen molar-refractivity contribution in [2.24, 2.45) is 0 Å². The number of hydrogen-bond acceptors (Lipinski definition) is 4. The van der Waals surface area contributed by atoms with Crippen LogP contribution in [0.15, 0.2) is 72.8 Å². The quantitative estimate of drug-likeness (QED) is 0.356. The molecule has 0 N–H and O–H groups in total. The average molecular weight is 462 g/mol. The normalized spacial score (nSPS) is 18.6. The van der Waals surface area contributed by atoms with Crippen LogP contribution in [0.2, 0.25) is 0 Å². The van der Waals surface area contributed by atoms with Crippen molar-refractivity contribution < 1.29 is 30.5 Å². The van der Waals surface area contributed by atoms with E-state index in [0.717, 1.165) is 35.3 Å². The molecule has 1 aliphatic carbocycles. The molecule has 0 aliphatic heterocycles.